The highest BCUT2D eigenvalue weighted by molar-refractivity contribution is 5.49. The second-order valence-electron chi connectivity index (χ2n) is 1.71. The first-order valence-electron chi connectivity index (χ1n) is 3.06. The van der Waals surface area contributed by atoms with E-state index >= 15 is 0 Å². The predicted octanol–water partition coefficient (Wildman–Crippen LogP) is 0.575. The zero-order valence-corrected chi connectivity index (χ0v) is 5.31. The number of hydrogen-bond donors (Lipinski definition) is 1. The molecule has 0 saturated carbocycles. The Hall–Kier alpha value is -0.370. The van der Waals surface area contributed by atoms with Gasteiger partial charge < -0.3 is 10.1 Å². The lowest BCUT2D eigenvalue weighted by atomic mass is 10.4. The van der Waals surface area contributed by atoms with Crippen LogP contribution in [0.4, 0.5) is 0 Å². The largest absolute Gasteiger partial charge is 0.316 e. The molecule has 0 aromatic rings. The lowest BCUT2D eigenvalue weighted by Gasteiger charge is -1.95. The highest BCUT2D eigenvalue weighted by Crippen LogP contribution is 1.70. The molecule has 1 N–H and O–H groups in total. The molecule has 0 aliphatic carbocycles. The Bertz CT molecular complexity index is 54.5. The van der Waals surface area contributed by atoms with Gasteiger partial charge in [0.2, 0.25) is 0 Å². The summed E-state index contributed by atoms with van der Waals surface area (Å²) < 4.78 is 0. The van der Waals surface area contributed by atoms with Gasteiger partial charge in [-0.1, -0.05) is 6.92 Å². The van der Waals surface area contributed by atoms with Gasteiger partial charge in [-0.15, -0.1) is 0 Å². The topological polar surface area (TPSA) is 29.1 Å². The van der Waals surface area contributed by atoms with Crippen LogP contribution in [0, 0.1) is 0 Å². The van der Waals surface area contributed by atoms with Crippen molar-refractivity contribution in [1.82, 2.24) is 5.32 Å². The van der Waals surface area contributed by atoms with Crippen molar-refractivity contribution in [2.75, 3.05) is 13.1 Å². The maximum absolute atomic E-state index is 9.73. The van der Waals surface area contributed by atoms with Crippen molar-refractivity contribution in [3.63, 3.8) is 0 Å². The molecule has 0 atom stereocenters. The van der Waals surface area contributed by atoms with Crippen molar-refractivity contribution in [3.05, 3.63) is 0 Å². The van der Waals surface area contributed by atoms with E-state index in [1.165, 1.54) is 0 Å². The molecule has 0 aliphatic heterocycles. The maximum Gasteiger partial charge on any atom is 0.121 e. The molecule has 0 bridgehead atoms. The third kappa shape index (κ3) is 5.63. The quantitative estimate of drug-likeness (QED) is 0.419. The van der Waals surface area contributed by atoms with Gasteiger partial charge in [0, 0.05) is 13.0 Å². The number of hydrogen-bond acceptors (Lipinski definition) is 2. The van der Waals surface area contributed by atoms with Crippen LogP contribution in [0.2, 0.25) is 0 Å². The number of rotatable bonds is 5. The molecule has 0 unspecified atom stereocenters. The maximum atomic E-state index is 9.73. The summed E-state index contributed by atoms with van der Waals surface area (Å²) in [5.41, 5.74) is 0. The average Bonchev–Trinajstić information content (AvgIpc) is 1.81. The summed E-state index contributed by atoms with van der Waals surface area (Å²) in [7, 11) is 0. The minimum Gasteiger partial charge on any atom is -0.316 e. The lowest BCUT2D eigenvalue weighted by molar-refractivity contribution is -0.107. The van der Waals surface area contributed by atoms with E-state index < -0.39 is 0 Å². The molecular formula is C6H13NO. The van der Waals surface area contributed by atoms with E-state index in [2.05, 4.69) is 12.2 Å². The first kappa shape index (κ1) is 7.63. The van der Waals surface area contributed by atoms with Gasteiger partial charge in [0.05, 0.1) is 0 Å². The van der Waals surface area contributed by atoms with E-state index in [1.807, 2.05) is 0 Å². The highest BCUT2D eigenvalue weighted by Gasteiger charge is 1.80. The second kappa shape index (κ2) is 6.63. The van der Waals surface area contributed by atoms with Gasteiger partial charge in [0.15, 0.2) is 0 Å². The third-order valence-corrected chi connectivity index (χ3v) is 0.866. The van der Waals surface area contributed by atoms with E-state index in [0.717, 1.165) is 25.8 Å². The molecule has 0 amide bonds. The van der Waals surface area contributed by atoms with Crippen molar-refractivity contribution in [1.29, 1.82) is 0 Å². The Kier molecular flexibility index (Phi) is 6.32. The summed E-state index contributed by atoms with van der Waals surface area (Å²) in [6, 6.07) is 0. The van der Waals surface area contributed by atoms with Crippen molar-refractivity contribution in [2.45, 2.75) is 19.8 Å². The van der Waals surface area contributed by atoms with Crippen molar-refractivity contribution >= 4 is 6.29 Å². The Morgan fingerprint density at radius 2 is 2.25 bits per heavy atom. The molecular weight excluding hydrogens is 102 g/mol. The van der Waals surface area contributed by atoms with E-state index in [4.69, 9.17) is 0 Å². The van der Waals surface area contributed by atoms with Gasteiger partial charge in [-0.25, -0.2) is 0 Å². The fourth-order valence-corrected chi connectivity index (χ4v) is 0.463. The van der Waals surface area contributed by atoms with Crippen LogP contribution in [-0.2, 0) is 4.79 Å². The smallest absolute Gasteiger partial charge is 0.121 e. The Morgan fingerprint density at radius 1 is 1.50 bits per heavy atom. The van der Waals surface area contributed by atoms with Crippen molar-refractivity contribution < 1.29 is 4.79 Å². The molecule has 0 aliphatic rings. The number of aldehydes is 1. The molecule has 0 spiro atoms. The molecule has 8 heavy (non-hydrogen) atoms. The highest BCUT2D eigenvalue weighted by atomic mass is 16.1. The van der Waals surface area contributed by atoms with Crippen LogP contribution in [-0.4, -0.2) is 19.4 Å². The van der Waals surface area contributed by atoms with E-state index in [9.17, 15) is 4.79 Å². The van der Waals surface area contributed by atoms with Crippen LogP contribution in [0.3, 0.4) is 0 Å². The van der Waals surface area contributed by atoms with Gasteiger partial charge >= 0.3 is 0 Å². The number of carbonyl (C=O) groups excluding carboxylic acids is 1. The van der Waals surface area contributed by atoms with Crippen LogP contribution in [0.5, 0.6) is 0 Å². The van der Waals surface area contributed by atoms with E-state index in [0.29, 0.717) is 6.42 Å². The first-order chi connectivity index (χ1) is 3.91. The molecule has 2 heteroatoms. The summed E-state index contributed by atoms with van der Waals surface area (Å²) >= 11 is 0. The van der Waals surface area contributed by atoms with Crippen LogP contribution in [0.1, 0.15) is 19.8 Å². The standard InChI is InChI=1S/C6H13NO/c1-2-4-7-5-3-6-8/h6-7H,2-5H2,1H3. The van der Waals surface area contributed by atoms with Crippen molar-refractivity contribution in [2.24, 2.45) is 0 Å². The molecule has 0 aromatic carbocycles. The van der Waals surface area contributed by atoms with Gasteiger partial charge in [0.25, 0.3) is 0 Å². The molecule has 0 saturated heterocycles. The summed E-state index contributed by atoms with van der Waals surface area (Å²) in [6.07, 6.45) is 2.71. The summed E-state index contributed by atoms with van der Waals surface area (Å²) in [5.74, 6) is 0. The zero-order chi connectivity index (χ0) is 6.24. The molecule has 0 aromatic heterocycles. The zero-order valence-electron chi connectivity index (χ0n) is 5.31. The SMILES string of the molecule is CCCNCCC=O. The van der Waals surface area contributed by atoms with Crippen LogP contribution in [0.25, 0.3) is 0 Å². The van der Waals surface area contributed by atoms with Gasteiger partial charge in [0.1, 0.15) is 6.29 Å². The molecule has 48 valence electrons. The molecule has 0 fully saturated rings. The monoisotopic (exact) mass is 115 g/mol. The van der Waals surface area contributed by atoms with Gasteiger partial charge in [-0.2, -0.15) is 0 Å². The number of carbonyl (C=O) groups is 1. The molecule has 0 radical (unpaired) electrons. The Balaban J connectivity index is 2.62. The third-order valence-electron chi connectivity index (χ3n) is 0.866. The minimum absolute atomic E-state index is 0.639. The fourth-order valence-electron chi connectivity index (χ4n) is 0.463. The van der Waals surface area contributed by atoms with Gasteiger partial charge in [-0.3, -0.25) is 0 Å². The van der Waals surface area contributed by atoms with Gasteiger partial charge in [-0.05, 0) is 13.0 Å². The summed E-state index contributed by atoms with van der Waals surface area (Å²) in [6.45, 7) is 3.96. The van der Waals surface area contributed by atoms with Crippen LogP contribution < -0.4 is 5.32 Å². The Morgan fingerprint density at radius 3 is 2.75 bits per heavy atom. The van der Waals surface area contributed by atoms with Crippen LogP contribution >= 0.6 is 0 Å². The lowest BCUT2D eigenvalue weighted by Crippen LogP contribution is -2.15. The van der Waals surface area contributed by atoms with Crippen molar-refractivity contribution in [3.8, 4) is 0 Å². The van der Waals surface area contributed by atoms with Crippen LogP contribution in [0.15, 0.2) is 0 Å². The Labute approximate surface area is 50.3 Å². The molecule has 0 rings (SSSR count). The minimum atomic E-state index is 0.639. The van der Waals surface area contributed by atoms with E-state index in [1.54, 1.807) is 0 Å². The predicted molar refractivity (Wildman–Crippen MR) is 33.8 cm³/mol. The number of nitrogens with one attached hydrogen (secondary N) is 1. The second-order valence-corrected chi connectivity index (χ2v) is 1.71. The summed E-state index contributed by atoms with van der Waals surface area (Å²) in [4.78, 5) is 9.73. The fraction of sp³-hybridized carbons (Fsp3) is 0.833. The molecule has 2 nitrogen and oxygen atoms in total. The first-order valence-corrected chi connectivity index (χ1v) is 3.06. The molecule has 0 heterocycles. The normalized spacial score (nSPS) is 9.12. The van der Waals surface area contributed by atoms with E-state index in [-0.39, 0.29) is 0 Å². The summed E-state index contributed by atoms with van der Waals surface area (Å²) in [5, 5.41) is 3.10. The average molecular weight is 115 g/mol.